The van der Waals surface area contributed by atoms with Crippen LogP contribution in [-0.2, 0) is 20.5 Å². The van der Waals surface area contributed by atoms with E-state index in [0.29, 0.717) is 0 Å². The van der Waals surface area contributed by atoms with Gasteiger partial charge in [0, 0.05) is 0 Å². The van der Waals surface area contributed by atoms with E-state index in [4.69, 9.17) is 3.57 Å². The van der Waals surface area contributed by atoms with Gasteiger partial charge in [-0.25, -0.2) is 0 Å². The summed E-state index contributed by atoms with van der Waals surface area (Å²) < 4.78 is 9.12. The third-order valence-electron chi connectivity index (χ3n) is 0. The third-order valence-corrected chi connectivity index (χ3v) is 0. The van der Waals surface area contributed by atoms with Crippen molar-refractivity contribution in [3.63, 3.8) is 0 Å². The summed E-state index contributed by atoms with van der Waals surface area (Å²) >= 11 is -1.12. The fourth-order valence-electron chi connectivity index (χ4n) is 0. The zero-order valence-corrected chi connectivity index (χ0v) is 5.08. The fourth-order valence-corrected chi connectivity index (χ4v) is 0. The maximum absolute atomic E-state index is 9.12. The molecule has 0 bridgehead atoms. The van der Waals surface area contributed by atoms with Crippen LogP contribution < -0.4 is 0 Å². The Balaban J connectivity index is -0.0000000200. The number of hydrogen-bond acceptors (Lipinski definition) is 1. The molecule has 5 heteroatoms. The van der Waals surface area contributed by atoms with E-state index >= 15 is 0 Å². The fraction of sp³-hybridized carbons (Fsp3) is 0. The van der Waals surface area contributed by atoms with Gasteiger partial charge in [0.25, 0.3) is 0 Å². The summed E-state index contributed by atoms with van der Waals surface area (Å²) in [6, 6.07) is 0. The predicted octanol–water partition coefficient (Wildman–Crippen LogP) is -3.41. The van der Waals surface area contributed by atoms with Crippen molar-refractivity contribution in [2.75, 3.05) is 0 Å². The van der Waals surface area contributed by atoms with Crippen molar-refractivity contribution in [3.05, 3.63) is 0 Å². The molecule has 0 aliphatic carbocycles. The molecule has 25 valence electrons. The van der Waals surface area contributed by atoms with Gasteiger partial charge in [-0.1, -0.05) is 0 Å². The van der Waals surface area contributed by atoms with Gasteiger partial charge in [0.15, 0.2) is 0 Å². The molecule has 5 heavy (non-hydrogen) atoms. The molecule has 0 saturated carbocycles. The van der Waals surface area contributed by atoms with Crippen LogP contribution in [0.1, 0.15) is 0 Å². The topological polar surface area (TPSA) is 17.1 Å². The van der Waals surface area contributed by atoms with Crippen molar-refractivity contribution < 1.29 is 20.5 Å². The molecule has 0 N–H and O–H groups in total. The first kappa shape index (κ1) is 15.8. The van der Waals surface area contributed by atoms with Crippen molar-refractivity contribution in [1.29, 1.82) is 0 Å². The Morgan fingerprint density at radius 2 is 1.60 bits per heavy atom. The molecular weight excluding hydrogens is 277 g/mol. The van der Waals surface area contributed by atoms with E-state index in [-0.39, 0.29) is 45.6 Å². The van der Waals surface area contributed by atoms with E-state index in [0.717, 1.165) is 0 Å². The zero-order chi connectivity index (χ0) is 2.71. The van der Waals surface area contributed by atoms with Gasteiger partial charge < -0.3 is 0 Å². The molecule has 0 aliphatic rings. The van der Waals surface area contributed by atoms with Crippen LogP contribution in [0.25, 0.3) is 0 Å². The first-order valence-electron chi connectivity index (χ1n) is 0.996. The third kappa shape index (κ3) is 24.0. The van der Waals surface area contributed by atoms with Crippen LogP contribution in [0, 0.1) is 0 Å². The van der Waals surface area contributed by atoms with Crippen LogP contribution in [0.5, 0.6) is 0 Å². The van der Waals surface area contributed by atoms with Crippen molar-refractivity contribution in [3.8, 4) is 0 Å². The van der Waals surface area contributed by atoms with Gasteiger partial charge in [-0.3, -0.25) is 0 Å². The van der Waals surface area contributed by atoms with Crippen molar-refractivity contribution in [2.24, 2.45) is 0 Å². The van der Waals surface area contributed by atoms with E-state index in [1.54, 1.807) is 6.33 Å². The van der Waals surface area contributed by atoms with Crippen LogP contribution >= 0.6 is 0 Å². The van der Waals surface area contributed by atoms with E-state index in [9.17, 15) is 0 Å². The summed E-state index contributed by atoms with van der Waals surface area (Å²) in [6.45, 7) is 0. The minimum atomic E-state index is -1.12. The van der Waals surface area contributed by atoms with Gasteiger partial charge >= 0.3 is 72.4 Å². The second-order valence-electron chi connectivity index (χ2n) is 0.289. The standard InChI is InChI=1S/BH2.Ga.In.O.Zn.6H/h1H2;;;;;;;;;;/q+1;;;;-1;;;;;;. The van der Waals surface area contributed by atoms with E-state index in [1.165, 1.54) is 0 Å². The van der Waals surface area contributed by atoms with Crippen molar-refractivity contribution in [2.45, 2.75) is 0 Å². The molecule has 0 aromatic rings. The number of hydrogen-bond donors (Lipinski definition) is 0. The Labute approximate surface area is 71.6 Å². The number of rotatable bonds is 0. The first-order chi connectivity index (χ1) is 1.41. The van der Waals surface area contributed by atoms with Gasteiger partial charge in [-0.05, 0) is 0 Å². The second kappa shape index (κ2) is 16.7. The van der Waals surface area contributed by atoms with Crippen LogP contribution in [0.3, 0.4) is 0 Å². The maximum atomic E-state index is 9.12. The summed E-state index contributed by atoms with van der Waals surface area (Å²) in [5.74, 6) is 0. The average molecular weight is 285 g/mol. The summed E-state index contributed by atoms with van der Waals surface area (Å²) in [5, 5.41) is 0. The van der Waals surface area contributed by atoms with E-state index < -0.39 is 16.9 Å². The Morgan fingerprint density at radius 1 is 1.60 bits per heavy atom. The second-order valence-corrected chi connectivity index (χ2v) is 1.50. The summed E-state index contributed by atoms with van der Waals surface area (Å²) in [5.41, 5.74) is 0. The molecule has 0 radical (unpaired) electrons. The molecule has 1 nitrogen and oxygen atoms in total. The van der Waals surface area contributed by atoms with Gasteiger partial charge in [0.1, 0.15) is 0 Å². The Bertz CT molecular complexity index is 19.1. The quantitative estimate of drug-likeness (QED) is 0.424. The molecule has 0 unspecified atom stereocenters. The molecule has 0 saturated heterocycles. The predicted molar refractivity (Wildman–Crippen MR) is 29.1 cm³/mol. The summed E-state index contributed by atoms with van der Waals surface area (Å²) in [4.78, 5) is 0. The molecule has 0 heterocycles. The van der Waals surface area contributed by atoms with Gasteiger partial charge in [-0.15, -0.1) is 0 Å². The molecule has 0 amide bonds. The van der Waals surface area contributed by atoms with Gasteiger partial charge in [0.05, 0.1) is 0 Å². The van der Waals surface area contributed by atoms with Crippen molar-refractivity contribution in [1.82, 2.24) is 0 Å². The van der Waals surface area contributed by atoms with Crippen LogP contribution in [0.2, 0.25) is 0 Å². The molecule has 0 atom stereocenters. The van der Waals surface area contributed by atoms with E-state index in [2.05, 4.69) is 0 Å². The molecule has 0 aromatic carbocycles. The average Bonchev–Trinajstić information content (AvgIpc) is 0.918. The summed E-state index contributed by atoms with van der Waals surface area (Å²) in [6.07, 6.45) is 1.76. The van der Waals surface area contributed by atoms with Crippen LogP contribution in [0.4, 0.5) is 0 Å². The SMILES string of the molecule is [BH2][Zn]=[O].[GaH3].[InH3]. The zero-order valence-electron chi connectivity index (χ0n) is 2.12. The van der Waals surface area contributed by atoms with Crippen molar-refractivity contribution >= 4 is 52.0 Å². The molecule has 0 aliphatic heterocycles. The Morgan fingerprint density at radius 3 is 1.60 bits per heavy atom. The molecule has 0 fully saturated rings. The molecule has 0 aromatic heterocycles. The Hall–Kier alpha value is 1.99. The molecule has 0 spiro atoms. The molecule has 0 rings (SSSR count). The van der Waals surface area contributed by atoms with Crippen LogP contribution in [-0.4, -0.2) is 52.0 Å². The van der Waals surface area contributed by atoms with Crippen LogP contribution in [0.15, 0.2) is 0 Å². The summed E-state index contributed by atoms with van der Waals surface area (Å²) in [7, 11) is 0. The Kier molecular flexibility index (Phi) is 52.5. The molecular formula is H8BGaInOZn. The van der Waals surface area contributed by atoms with Gasteiger partial charge in [0.2, 0.25) is 0 Å². The van der Waals surface area contributed by atoms with Gasteiger partial charge in [-0.2, -0.15) is 0 Å². The normalized spacial score (nSPS) is 1.60. The van der Waals surface area contributed by atoms with E-state index in [1.807, 2.05) is 0 Å². The minimum absolute atomic E-state index is 0. The first-order valence-corrected chi connectivity index (χ1v) is 5.17. The monoisotopic (exact) mass is 283 g/mol.